The zero-order chi connectivity index (χ0) is 18.1. The molecule has 1 amide bonds. The molecule has 132 valence electrons. The lowest BCUT2D eigenvalue weighted by Gasteiger charge is -2.14. The number of carbonyl (C=O) groups excluding carboxylic acids is 1. The highest BCUT2D eigenvalue weighted by Gasteiger charge is 2.12. The summed E-state index contributed by atoms with van der Waals surface area (Å²) in [6.45, 7) is 1.94. The predicted octanol–water partition coefficient (Wildman–Crippen LogP) is 3.15. The molecule has 0 saturated carbocycles. The molecule has 0 unspecified atom stereocenters. The van der Waals surface area contributed by atoms with Crippen LogP contribution >= 0.6 is 0 Å². The number of rotatable bonds is 5. The summed E-state index contributed by atoms with van der Waals surface area (Å²) in [6, 6.07) is 13.6. The maximum Gasteiger partial charge on any atom is 0.323 e. The van der Waals surface area contributed by atoms with Crippen LogP contribution in [0.5, 0.6) is 0 Å². The molecule has 0 fully saturated rings. The number of carbonyl (C=O) groups is 1. The molecule has 0 spiro atoms. The first-order chi connectivity index (χ1) is 12.6. The second-order valence-corrected chi connectivity index (χ2v) is 6.53. The first-order valence-corrected chi connectivity index (χ1v) is 8.66. The minimum atomic E-state index is -0.229. The van der Waals surface area contributed by atoms with Gasteiger partial charge in [-0.25, -0.2) is 4.79 Å². The molecule has 0 aliphatic rings. The molecule has 6 heteroatoms. The zero-order valence-electron chi connectivity index (χ0n) is 14.4. The van der Waals surface area contributed by atoms with Crippen molar-refractivity contribution in [2.75, 3.05) is 0 Å². The van der Waals surface area contributed by atoms with Crippen LogP contribution in [0.15, 0.2) is 53.5 Å². The third-order valence-corrected chi connectivity index (χ3v) is 4.71. The van der Waals surface area contributed by atoms with Crippen LogP contribution in [0, 0.1) is 0 Å². The van der Waals surface area contributed by atoms with E-state index in [0.29, 0.717) is 12.8 Å². The summed E-state index contributed by atoms with van der Waals surface area (Å²) in [5, 5.41) is 4.19. The van der Waals surface area contributed by atoms with Crippen molar-refractivity contribution in [3.05, 3.63) is 70.3 Å². The summed E-state index contributed by atoms with van der Waals surface area (Å²) >= 11 is 0. The molecule has 0 aliphatic carbocycles. The Hall–Kier alpha value is -3.28. The van der Waals surface area contributed by atoms with Gasteiger partial charge in [-0.05, 0) is 42.7 Å². The number of aromatic nitrogens is 3. The Kier molecular flexibility index (Phi) is 4.08. The van der Waals surface area contributed by atoms with Crippen LogP contribution in [0.3, 0.4) is 0 Å². The number of nitrogens with one attached hydrogen (secondary N) is 4. The van der Waals surface area contributed by atoms with Crippen LogP contribution < -0.4 is 11.0 Å². The van der Waals surface area contributed by atoms with E-state index in [0.717, 1.165) is 33.1 Å². The highest BCUT2D eigenvalue weighted by Crippen LogP contribution is 2.20. The van der Waals surface area contributed by atoms with Crippen LogP contribution in [0.1, 0.15) is 30.5 Å². The van der Waals surface area contributed by atoms with Gasteiger partial charge in [-0.2, -0.15) is 0 Å². The van der Waals surface area contributed by atoms with Crippen LogP contribution in [-0.2, 0) is 11.2 Å². The van der Waals surface area contributed by atoms with E-state index in [1.54, 1.807) is 0 Å². The topological polar surface area (TPSA) is 93.5 Å². The number of amides is 1. The van der Waals surface area contributed by atoms with E-state index in [1.807, 2.05) is 49.5 Å². The largest absolute Gasteiger partial charge is 0.361 e. The van der Waals surface area contributed by atoms with E-state index in [4.69, 9.17) is 0 Å². The average Bonchev–Trinajstić information content (AvgIpc) is 3.21. The second-order valence-electron chi connectivity index (χ2n) is 6.53. The van der Waals surface area contributed by atoms with Gasteiger partial charge in [-0.1, -0.05) is 24.3 Å². The highest BCUT2D eigenvalue weighted by atomic mass is 16.1. The van der Waals surface area contributed by atoms with Gasteiger partial charge in [0, 0.05) is 23.5 Å². The minimum Gasteiger partial charge on any atom is -0.361 e. The first-order valence-electron chi connectivity index (χ1n) is 8.66. The normalized spacial score (nSPS) is 12.5. The Labute approximate surface area is 149 Å². The maximum absolute atomic E-state index is 12.3. The summed E-state index contributed by atoms with van der Waals surface area (Å²) in [6.07, 6.45) is 3.08. The Bertz CT molecular complexity index is 1140. The summed E-state index contributed by atoms with van der Waals surface area (Å²) < 4.78 is 0. The van der Waals surface area contributed by atoms with E-state index in [9.17, 15) is 9.59 Å². The van der Waals surface area contributed by atoms with Crippen molar-refractivity contribution >= 4 is 27.8 Å². The van der Waals surface area contributed by atoms with Crippen LogP contribution in [-0.4, -0.2) is 20.9 Å². The fraction of sp³-hybridized carbons (Fsp3) is 0.200. The summed E-state index contributed by atoms with van der Waals surface area (Å²) in [5.41, 5.74) is 4.46. The molecule has 0 radical (unpaired) electrons. The van der Waals surface area contributed by atoms with Gasteiger partial charge < -0.3 is 20.3 Å². The smallest absolute Gasteiger partial charge is 0.323 e. The van der Waals surface area contributed by atoms with Crippen molar-refractivity contribution in [3.63, 3.8) is 0 Å². The van der Waals surface area contributed by atoms with Crippen LogP contribution in [0.25, 0.3) is 21.9 Å². The Balaban J connectivity index is 1.41. The number of hydrogen-bond acceptors (Lipinski definition) is 2. The third kappa shape index (κ3) is 3.13. The van der Waals surface area contributed by atoms with E-state index in [1.165, 1.54) is 0 Å². The van der Waals surface area contributed by atoms with Crippen LogP contribution in [0.4, 0.5) is 0 Å². The Morgan fingerprint density at radius 3 is 2.77 bits per heavy atom. The number of aromatic amines is 3. The van der Waals surface area contributed by atoms with Gasteiger partial charge in [-0.15, -0.1) is 0 Å². The van der Waals surface area contributed by atoms with Crippen molar-refractivity contribution in [2.24, 2.45) is 0 Å². The summed E-state index contributed by atoms with van der Waals surface area (Å²) in [5.74, 6) is 0.00504. The molecule has 2 aromatic carbocycles. The minimum absolute atomic E-state index is 0.00504. The molecule has 0 aliphatic heterocycles. The van der Waals surface area contributed by atoms with Crippen molar-refractivity contribution in [2.45, 2.75) is 25.8 Å². The predicted molar refractivity (Wildman–Crippen MR) is 102 cm³/mol. The fourth-order valence-electron chi connectivity index (χ4n) is 3.30. The van der Waals surface area contributed by atoms with Gasteiger partial charge in [0.1, 0.15) is 0 Å². The van der Waals surface area contributed by atoms with E-state index in [-0.39, 0.29) is 17.6 Å². The molecule has 2 heterocycles. The van der Waals surface area contributed by atoms with Crippen molar-refractivity contribution in [3.8, 4) is 0 Å². The number of hydrogen-bond donors (Lipinski definition) is 4. The Morgan fingerprint density at radius 2 is 1.88 bits per heavy atom. The second kappa shape index (κ2) is 6.55. The van der Waals surface area contributed by atoms with Crippen molar-refractivity contribution in [1.82, 2.24) is 20.3 Å². The molecule has 1 atom stereocenters. The maximum atomic E-state index is 12.3. The molecule has 2 aromatic heterocycles. The number of para-hydroxylation sites is 1. The SMILES string of the molecule is C[C@H](NC(=O)CCc1c[nH]c2ccccc12)c1ccc2[nH]c(=O)[nH]c2c1. The fourth-order valence-corrected chi connectivity index (χ4v) is 3.30. The van der Waals surface area contributed by atoms with Crippen molar-refractivity contribution < 1.29 is 4.79 Å². The van der Waals surface area contributed by atoms with E-state index < -0.39 is 0 Å². The number of aryl methyl sites for hydroxylation is 1. The number of H-pyrrole nitrogens is 3. The molecule has 26 heavy (non-hydrogen) atoms. The summed E-state index contributed by atoms with van der Waals surface area (Å²) in [7, 11) is 0. The van der Waals surface area contributed by atoms with Gasteiger partial charge in [0.15, 0.2) is 0 Å². The molecule has 4 rings (SSSR count). The standard InChI is InChI=1S/C20H20N4O2/c1-12(13-6-8-17-18(10-13)24-20(26)23-17)22-19(25)9-7-14-11-21-16-5-3-2-4-15(14)16/h2-6,8,10-12,21H,7,9H2,1H3,(H,22,25)(H2,23,24,26)/t12-/m0/s1. The molecule has 4 N–H and O–H groups in total. The lowest BCUT2D eigenvalue weighted by atomic mass is 10.1. The first kappa shape index (κ1) is 16.2. The van der Waals surface area contributed by atoms with E-state index >= 15 is 0 Å². The lowest BCUT2D eigenvalue weighted by Crippen LogP contribution is -2.26. The van der Waals surface area contributed by atoms with Gasteiger partial charge in [0.2, 0.25) is 5.91 Å². The summed E-state index contributed by atoms with van der Waals surface area (Å²) in [4.78, 5) is 32.4. The van der Waals surface area contributed by atoms with Crippen LogP contribution in [0.2, 0.25) is 0 Å². The van der Waals surface area contributed by atoms with Gasteiger partial charge in [0.05, 0.1) is 17.1 Å². The third-order valence-electron chi connectivity index (χ3n) is 4.71. The lowest BCUT2D eigenvalue weighted by molar-refractivity contribution is -0.121. The quantitative estimate of drug-likeness (QED) is 0.446. The molecule has 6 nitrogen and oxygen atoms in total. The molecular weight excluding hydrogens is 328 g/mol. The monoisotopic (exact) mass is 348 g/mol. The molecular formula is C20H20N4O2. The number of benzene rings is 2. The molecule has 0 bridgehead atoms. The zero-order valence-corrected chi connectivity index (χ0v) is 14.4. The molecule has 0 saturated heterocycles. The Morgan fingerprint density at radius 1 is 1.08 bits per heavy atom. The number of fused-ring (bicyclic) bond motifs is 2. The molecule has 4 aromatic rings. The van der Waals surface area contributed by atoms with Gasteiger partial charge >= 0.3 is 5.69 Å². The highest BCUT2D eigenvalue weighted by molar-refractivity contribution is 5.84. The average molecular weight is 348 g/mol. The van der Waals surface area contributed by atoms with Gasteiger partial charge in [0.25, 0.3) is 0 Å². The van der Waals surface area contributed by atoms with Crippen molar-refractivity contribution in [1.29, 1.82) is 0 Å². The van der Waals surface area contributed by atoms with Gasteiger partial charge in [-0.3, -0.25) is 4.79 Å². The van der Waals surface area contributed by atoms with E-state index in [2.05, 4.69) is 26.3 Å². The number of imidazole rings is 1.